The van der Waals surface area contributed by atoms with Crippen molar-refractivity contribution >= 4 is 9.84 Å². The average molecular weight is 295 g/mol. The monoisotopic (exact) mass is 295 g/mol. The second-order valence-electron chi connectivity index (χ2n) is 5.95. The van der Waals surface area contributed by atoms with Crippen molar-refractivity contribution in [3.63, 3.8) is 0 Å². The van der Waals surface area contributed by atoms with Crippen molar-refractivity contribution in [2.24, 2.45) is 0 Å². The van der Waals surface area contributed by atoms with Crippen LogP contribution in [0.15, 0.2) is 30.3 Å². The smallest absolute Gasteiger partial charge is 0.147 e. The molecule has 0 bridgehead atoms. The predicted octanol–water partition coefficient (Wildman–Crippen LogP) is 2.52. The van der Waals surface area contributed by atoms with Crippen molar-refractivity contribution in [1.29, 1.82) is 0 Å². The first-order chi connectivity index (χ1) is 9.48. The molecule has 0 spiro atoms. The lowest BCUT2D eigenvalue weighted by Gasteiger charge is -2.28. The van der Waals surface area contributed by atoms with E-state index in [4.69, 9.17) is 0 Å². The molecule has 1 unspecified atom stereocenters. The molecule has 1 saturated carbocycles. The number of nitrogens with one attached hydrogen (secondary N) is 1. The van der Waals surface area contributed by atoms with Crippen LogP contribution in [0.2, 0.25) is 0 Å². The zero-order valence-corrected chi connectivity index (χ0v) is 13.2. The Hall–Kier alpha value is -0.870. The summed E-state index contributed by atoms with van der Waals surface area (Å²) in [6.45, 7) is 3.09. The Bertz CT molecular complexity index is 521. The van der Waals surface area contributed by atoms with Gasteiger partial charge in [-0.05, 0) is 37.8 Å². The van der Waals surface area contributed by atoms with Crippen molar-refractivity contribution in [3.8, 4) is 0 Å². The van der Waals surface area contributed by atoms with E-state index < -0.39 is 9.84 Å². The van der Waals surface area contributed by atoms with Crippen LogP contribution >= 0.6 is 0 Å². The van der Waals surface area contributed by atoms with E-state index in [1.165, 1.54) is 11.8 Å². The second-order valence-corrected chi connectivity index (χ2v) is 8.21. The fraction of sp³-hybridized carbons (Fsp3) is 0.625. The SMILES string of the molecule is CCCNC(CCS(C)(=O)=O)C1(c2ccccc2)CC1. The van der Waals surface area contributed by atoms with E-state index in [-0.39, 0.29) is 17.2 Å². The summed E-state index contributed by atoms with van der Waals surface area (Å²) in [6, 6.07) is 10.8. The summed E-state index contributed by atoms with van der Waals surface area (Å²) < 4.78 is 22.9. The van der Waals surface area contributed by atoms with E-state index in [0.29, 0.717) is 6.42 Å². The Kier molecular flexibility index (Phi) is 4.86. The van der Waals surface area contributed by atoms with E-state index in [0.717, 1.165) is 25.8 Å². The lowest BCUT2D eigenvalue weighted by atomic mass is 9.86. The highest BCUT2D eigenvalue weighted by molar-refractivity contribution is 7.90. The van der Waals surface area contributed by atoms with Crippen LogP contribution in [0.3, 0.4) is 0 Å². The van der Waals surface area contributed by atoms with Crippen LogP contribution in [0, 0.1) is 0 Å². The molecule has 1 aromatic carbocycles. The molecule has 0 heterocycles. The minimum absolute atomic E-state index is 0.154. The first kappa shape index (κ1) is 15.5. The molecule has 4 heteroatoms. The molecule has 1 aromatic rings. The van der Waals surface area contributed by atoms with Gasteiger partial charge in [0.2, 0.25) is 0 Å². The fourth-order valence-electron chi connectivity index (χ4n) is 2.97. The maximum Gasteiger partial charge on any atom is 0.147 e. The lowest BCUT2D eigenvalue weighted by molar-refractivity contribution is 0.404. The molecule has 1 fully saturated rings. The molecule has 1 aliphatic carbocycles. The summed E-state index contributed by atoms with van der Waals surface area (Å²) in [5.74, 6) is 0.267. The number of hydrogen-bond acceptors (Lipinski definition) is 3. The van der Waals surface area contributed by atoms with Crippen LogP contribution in [0.4, 0.5) is 0 Å². The Balaban J connectivity index is 2.13. The summed E-state index contributed by atoms with van der Waals surface area (Å²) >= 11 is 0. The van der Waals surface area contributed by atoms with Gasteiger partial charge < -0.3 is 5.32 Å². The standard InChI is InChI=1S/C16H25NO2S/c1-3-12-17-15(9-13-20(2,18)19)16(10-11-16)14-7-5-4-6-8-14/h4-8,15,17H,3,9-13H2,1-2H3. The molecular weight excluding hydrogens is 270 g/mol. The highest BCUT2D eigenvalue weighted by atomic mass is 32.2. The normalized spacial score (nSPS) is 18.7. The van der Waals surface area contributed by atoms with Crippen molar-refractivity contribution in [3.05, 3.63) is 35.9 Å². The largest absolute Gasteiger partial charge is 0.313 e. The highest BCUT2D eigenvalue weighted by Gasteiger charge is 2.50. The summed E-state index contributed by atoms with van der Waals surface area (Å²) in [4.78, 5) is 0. The first-order valence-electron chi connectivity index (χ1n) is 7.44. The molecule has 112 valence electrons. The molecule has 3 nitrogen and oxygen atoms in total. The van der Waals surface area contributed by atoms with Crippen LogP contribution in [-0.4, -0.2) is 33.0 Å². The van der Waals surface area contributed by atoms with Crippen molar-refractivity contribution < 1.29 is 8.42 Å². The van der Waals surface area contributed by atoms with E-state index >= 15 is 0 Å². The molecule has 0 amide bonds. The predicted molar refractivity (Wildman–Crippen MR) is 83.8 cm³/mol. The Labute approximate surface area is 122 Å². The number of benzene rings is 1. The van der Waals surface area contributed by atoms with E-state index in [2.05, 4.69) is 36.5 Å². The number of hydrogen-bond donors (Lipinski definition) is 1. The van der Waals surface area contributed by atoms with Gasteiger partial charge in [-0.3, -0.25) is 0 Å². The van der Waals surface area contributed by atoms with E-state index in [1.54, 1.807) is 0 Å². The second kappa shape index (κ2) is 6.27. The zero-order chi connectivity index (χ0) is 14.6. The highest BCUT2D eigenvalue weighted by Crippen LogP contribution is 2.51. The molecule has 0 aromatic heterocycles. The molecule has 1 atom stereocenters. The minimum atomic E-state index is -2.90. The van der Waals surface area contributed by atoms with Gasteiger partial charge in [0.15, 0.2) is 0 Å². The van der Waals surface area contributed by atoms with Crippen molar-refractivity contribution in [1.82, 2.24) is 5.32 Å². The molecule has 0 saturated heterocycles. The van der Waals surface area contributed by atoms with Crippen LogP contribution in [-0.2, 0) is 15.3 Å². The molecular formula is C16H25NO2S. The van der Waals surface area contributed by atoms with Crippen molar-refractivity contribution in [2.45, 2.75) is 44.1 Å². The van der Waals surface area contributed by atoms with Crippen LogP contribution in [0.25, 0.3) is 0 Å². The van der Waals surface area contributed by atoms with Gasteiger partial charge in [-0.2, -0.15) is 0 Å². The average Bonchev–Trinajstić information content (AvgIpc) is 3.20. The van der Waals surface area contributed by atoms with Gasteiger partial charge in [0, 0.05) is 17.7 Å². The molecule has 0 radical (unpaired) electrons. The van der Waals surface area contributed by atoms with Gasteiger partial charge >= 0.3 is 0 Å². The minimum Gasteiger partial charge on any atom is -0.313 e. The van der Waals surface area contributed by atoms with Crippen LogP contribution in [0.5, 0.6) is 0 Å². The Morgan fingerprint density at radius 2 is 1.90 bits per heavy atom. The van der Waals surface area contributed by atoms with Gasteiger partial charge in [-0.15, -0.1) is 0 Å². The molecule has 2 rings (SSSR count). The Morgan fingerprint density at radius 3 is 2.40 bits per heavy atom. The zero-order valence-electron chi connectivity index (χ0n) is 12.4. The van der Waals surface area contributed by atoms with E-state index in [1.807, 2.05) is 6.07 Å². The number of rotatable bonds is 8. The molecule has 1 aliphatic rings. The van der Waals surface area contributed by atoms with Crippen LogP contribution < -0.4 is 5.32 Å². The van der Waals surface area contributed by atoms with Gasteiger partial charge in [0.1, 0.15) is 9.84 Å². The maximum atomic E-state index is 11.5. The van der Waals surface area contributed by atoms with Gasteiger partial charge in [0.05, 0.1) is 5.75 Å². The third-order valence-electron chi connectivity index (χ3n) is 4.22. The fourth-order valence-corrected chi connectivity index (χ4v) is 3.63. The van der Waals surface area contributed by atoms with Crippen molar-refractivity contribution in [2.75, 3.05) is 18.6 Å². The molecule has 0 aliphatic heterocycles. The quantitative estimate of drug-likeness (QED) is 0.801. The molecule has 20 heavy (non-hydrogen) atoms. The first-order valence-corrected chi connectivity index (χ1v) is 9.50. The lowest BCUT2D eigenvalue weighted by Crippen LogP contribution is -2.41. The third kappa shape index (κ3) is 3.83. The van der Waals surface area contributed by atoms with E-state index in [9.17, 15) is 8.42 Å². The van der Waals surface area contributed by atoms with Gasteiger partial charge in [-0.1, -0.05) is 37.3 Å². The summed E-state index contributed by atoms with van der Waals surface area (Å²) in [6.07, 6.45) is 5.41. The van der Waals surface area contributed by atoms with Gasteiger partial charge in [0.25, 0.3) is 0 Å². The molecule has 1 N–H and O–H groups in total. The third-order valence-corrected chi connectivity index (χ3v) is 5.20. The topological polar surface area (TPSA) is 46.2 Å². The summed E-state index contributed by atoms with van der Waals surface area (Å²) in [7, 11) is -2.90. The maximum absolute atomic E-state index is 11.5. The van der Waals surface area contributed by atoms with Gasteiger partial charge in [-0.25, -0.2) is 8.42 Å². The van der Waals surface area contributed by atoms with Crippen LogP contribution in [0.1, 0.15) is 38.2 Å². The Morgan fingerprint density at radius 1 is 1.25 bits per heavy atom. The number of sulfone groups is 1. The summed E-state index contributed by atoms with van der Waals surface area (Å²) in [5.41, 5.74) is 1.50. The summed E-state index contributed by atoms with van der Waals surface area (Å²) in [5, 5.41) is 3.58.